The zero-order valence-electron chi connectivity index (χ0n) is 10.4. The first-order valence-electron chi connectivity index (χ1n) is 5.86. The van der Waals surface area contributed by atoms with E-state index < -0.39 is 5.97 Å². The third-order valence-electron chi connectivity index (χ3n) is 2.56. The molecule has 1 N–H and O–H groups in total. The van der Waals surface area contributed by atoms with E-state index in [0.29, 0.717) is 5.82 Å². The molecular formula is C13H15N3O2. The molecule has 0 aliphatic rings. The maximum absolute atomic E-state index is 11.1. The maximum Gasteiger partial charge on any atom is 0.335 e. The second-order valence-corrected chi connectivity index (χ2v) is 4.22. The van der Waals surface area contributed by atoms with Crippen molar-refractivity contribution in [3.05, 3.63) is 41.3 Å². The molecule has 0 saturated carbocycles. The van der Waals surface area contributed by atoms with Gasteiger partial charge in [0.2, 0.25) is 0 Å². The first-order valence-corrected chi connectivity index (χ1v) is 5.86. The van der Waals surface area contributed by atoms with Crippen molar-refractivity contribution in [3.8, 4) is 5.82 Å². The van der Waals surface area contributed by atoms with Crippen molar-refractivity contribution in [1.29, 1.82) is 0 Å². The van der Waals surface area contributed by atoms with Crippen LogP contribution in [-0.2, 0) is 6.42 Å². The molecule has 0 aliphatic carbocycles. The lowest BCUT2D eigenvalue weighted by Crippen LogP contribution is -2.06. The molecule has 0 amide bonds. The lowest BCUT2D eigenvalue weighted by atomic mass is 10.1. The summed E-state index contributed by atoms with van der Waals surface area (Å²) in [5.41, 5.74) is 2.03. The van der Waals surface area contributed by atoms with Crippen LogP contribution in [0.1, 0.15) is 35.0 Å². The zero-order chi connectivity index (χ0) is 13.1. The number of nitrogens with zero attached hydrogens (tertiary/aromatic N) is 3. The highest BCUT2D eigenvalue weighted by molar-refractivity contribution is 5.88. The monoisotopic (exact) mass is 245 g/mol. The Morgan fingerprint density at radius 2 is 2.22 bits per heavy atom. The quantitative estimate of drug-likeness (QED) is 0.896. The van der Waals surface area contributed by atoms with Crippen LogP contribution >= 0.6 is 0 Å². The number of hydrogen-bond acceptors (Lipinski definition) is 3. The van der Waals surface area contributed by atoms with Crippen molar-refractivity contribution >= 4 is 5.97 Å². The minimum Gasteiger partial charge on any atom is -0.478 e. The normalized spacial score (nSPS) is 10.6. The Morgan fingerprint density at radius 1 is 1.44 bits per heavy atom. The molecule has 2 rings (SSSR count). The molecule has 5 nitrogen and oxygen atoms in total. The molecule has 0 aromatic carbocycles. The van der Waals surface area contributed by atoms with Crippen molar-refractivity contribution in [2.45, 2.75) is 26.7 Å². The number of carboxylic acid groups (broad SMARTS) is 1. The van der Waals surface area contributed by atoms with Gasteiger partial charge in [-0.05, 0) is 31.0 Å². The van der Waals surface area contributed by atoms with Gasteiger partial charge in [-0.1, -0.05) is 13.3 Å². The van der Waals surface area contributed by atoms with E-state index in [-0.39, 0.29) is 5.56 Å². The molecule has 2 aromatic heterocycles. The van der Waals surface area contributed by atoms with Gasteiger partial charge in [-0.15, -0.1) is 0 Å². The summed E-state index contributed by atoms with van der Waals surface area (Å²) < 4.78 is 1.60. The molecule has 2 heterocycles. The Morgan fingerprint density at radius 3 is 2.78 bits per heavy atom. The van der Waals surface area contributed by atoms with E-state index in [4.69, 9.17) is 5.11 Å². The highest BCUT2D eigenvalue weighted by Gasteiger charge is 2.10. The van der Waals surface area contributed by atoms with Crippen LogP contribution in [0.2, 0.25) is 0 Å². The molecule has 0 radical (unpaired) electrons. The maximum atomic E-state index is 11.1. The van der Waals surface area contributed by atoms with Crippen molar-refractivity contribution in [1.82, 2.24) is 14.8 Å². The van der Waals surface area contributed by atoms with E-state index in [2.05, 4.69) is 10.1 Å². The van der Waals surface area contributed by atoms with Crippen LogP contribution in [0.4, 0.5) is 0 Å². The van der Waals surface area contributed by atoms with E-state index in [1.165, 1.54) is 6.07 Å². The summed E-state index contributed by atoms with van der Waals surface area (Å²) in [7, 11) is 0. The topological polar surface area (TPSA) is 68.0 Å². The fraction of sp³-hybridized carbons (Fsp3) is 0.308. The Labute approximate surface area is 105 Å². The molecule has 0 bridgehead atoms. The summed E-state index contributed by atoms with van der Waals surface area (Å²) in [6, 6.07) is 3.15. The fourth-order valence-corrected chi connectivity index (χ4v) is 1.74. The standard InChI is InChI=1S/C13H15N3O2/c1-3-4-11-5-10(13(17)18)6-12(15-11)16-8-9(2)7-14-16/h5-8H,3-4H2,1-2H3,(H,17,18). The molecular weight excluding hydrogens is 230 g/mol. The van der Waals surface area contributed by atoms with Gasteiger partial charge in [-0.25, -0.2) is 14.5 Å². The first kappa shape index (κ1) is 12.3. The van der Waals surface area contributed by atoms with E-state index in [0.717, 1.165) is 24.1 Å². The van der Waals surface area contributed by atoms with Gasteiger partial charge in [0.15, 0.2) is 5.82 Å². The van der Waals surface area contributed by atoms with Crippen LogP contribution in [0.15, 0.2) is 24.5 Å². The van der Waals surface area contributed by atoms with Gasteiger partial charge in [0.1, 0.15) is 0 Å². The summed E-state index contributed by atoms with van der Waals surface area (Å²) in [5.74, 6) is -0.397. The summed E-state index contributed by atoms with van der Waals surface area (Å²) in [4.78, 5) is 15.5. The van der Waals surface area contributed by atoms with Crippen molar-refractivity contribution in [2.75, 3.05) is 0 Å². The first-order chi connectivity index (χ1) is 8.60. The van der Waals surface area contributed by atoms with E-state index in [1.54, 1.807) is 16.9 Å². The molecule has 0 spiro atoms. The molecule has 0 atom stereocenters. The molecule has 18 heavy (non-hydrogen) atoms. The SMILES string of the molecule is CCCc1cc(C(=O)O)cc(-n2cc(C)cn2)n1. The summed E-state index contributed by atoms with van der Waals surface area (Å²) in [5, 5.41) is 13.2. The van der Waals surface area contributed by atoms with E-state index in [1.807, 2.05) is 20.0 Å². The van der Waals surface area contributed by atoms with Gasteiger partial charge < -0.3 is 5.11 Å². The minimum absolute atomic E-state index is 0.247. The second-order valence-electron chi connectivity index (χ2n) is 4.22. The predicted octanol–water partition coefficient (Wildman–Crippen LogP) is 2.23. The van der Waals surface area contributed by atoms with Crippen LogP contribution in [0, 0.1) is 6.92 Å². The molecule has 5 heteroatoms. The van der Waals surface area contributed by atoms with Crippen LogP contribution in [0.5, 0.6) is 0 Å². The lowest BCUT2D eigenvalue weighted by Gasteiger charge is -2.06. The predicted molar refractivity (Wildman–Crippen MR) is 67.1 cm³/mol. The van der Waals surface area contributed by atoms with E-state index >= 15 is 0 Å². The second kappa shape index (κ2) is 5.00. The third-order valence-corrected chi connectivity index (χ3v) is 2.56. The smallest absolute Gasteiger partial charge is 0.335 e. The number of rotatable bonds is 4. The summed E-state index contributed by atoms with van der Waals surface area (Å²) in [6.45, 7) is 3.96. The number of aromatic carboxylic acids is 1. The number of aryl methyl sites for hydroxylation is 2. The number of hydrogen-bond donors (Lipinski definition) is 1. The van der Waals surface area contributed by atoms with Crippen LogP contribution in [0.3, 0.4) is 0 Å². The summed E-state index contributed by atoms with van der Waals surface area (Å²) in [6.07, 6.45) is 5.22. The Kier molecular flexibility index (Phi) is 3.41. The third kappa shape index (κ3) is 2.56. The zero-order valence-corrected chi connectivity index (χ0v) is 10.4. The van der Waals surface area contributed by atoms with Gasteiger partial charge in [-0.2, -0.15) is 5.10 Å². The lowest BCUT2D eigenvalue weighted by molar-refractivity contribution is 0.0696. The van der Waals surface area contributed by atoms with Crippen LogP contribution in [0.25, 0.3) is 5.82 Å². The van der Waals surface area contributed by atoms with Gasteiger partial charge in [0.05, 0.1) is 11.8 Å². The van der Waals surface area contributed by atoms with Gasteiger partial charge in [-0.3, -0.25) is 0 Å². The molecule has 2 aromatic rings. The Hall–Kier alpha value is -2.17. The summed E-state index contributed by atoms with van der Waals surface area (Å²) >= 11 is 0. The molecule has 0 fully saturated rings. The number of carboxylic acids is 1. The average Bonchev–Trinajstić information content (AvgIpc) is 2.76. The Balaban J connectivity index is 2.49. The number of carbonyl (C=O) groups is 1. The van der Waals surface area contributed by atoms with E-state index in [9.17, 15) is 4.79 Å². The fourth-order valence-electron chi connectivity index (χ4n) is 1.74. The minimum atomic E-state index is -0.945. The molecule has 0 aliphatic heterocycles. The molecule has 0 saturated heterocycles. The van der Waals surface area contributed by atoms with Crippen molar-refractivity contribution in [3.63, 3.8) is 0 Å². The van der Waals surface area contributed by atoms with Gasteiger partial charge in [0, 0.05) is 11.9 Å². The van der Waals surface area contributed by atoms with Crippen LogP contribution < -0.4 is 0 Å². The number of pyridine rings is 1. The highest BCUT2D eigenvalue weighted by atomic mass is 16.4. The van der Waals surface area contributed by atoms with Crippen molar-refractivity contribution in [2.24, 2.45) is 0 Å². The molecule has 94 valence electrons. The average molecular weight is 245 g/mol. The Bertz CT molecular complexity index is 575. The van der Waals surface area contributed by atoms with Crippen molar-refractivity contribution < 1.29 is 9.90 Å². The number of aromatic nitrogens is 3. The van der Waals surface area contributed by atoms with Crippen LogP contribution in [-0.4, -0.2) is 25.8 Å². The highest BCUT2D eigenvalue weighted by Crippen LogP contribution is 2.12. The van der Waals surface area contributed by atoms with Gasteiger partial charge in [0.25, 0.3) is 0 Å². The molecule has 0 unspecified atom stereocenters. The van der Waals surface area contributed by atoms with Gasteiger partial charge >= 0.3 is 5.97 Å². The largest absolute Gasteiger partial charge is 0.478 e.